The monoisotopic (exact) mass is 658 g/mol. The van der Waals surface area contributed by atoms with E-state index in [0.717, 1.165) is 0 Å². The van der Waals surface area contributed by atoms with E-state index < -0.39 is 0 Å². The number of rotatable bonds is 5. The first-order valence-corrected chi connectivity index (χ1v) is 18.0. The van der Waals surface area contributed by atoms with Crippen LogP contribution in [0.4, 0.5) is 0 Å². The van der Waals surface area contributed by atoms with Crippen molar-refractivity contribution >= 4 is 43.1 Å². The second kappa shape index (κ2) is 12.5. The minimum atomic E-state index is 1.20. The number of fused-ring (bicyclic) bond motifs is 4. The van der Waals surface area contributed by atoms with Crippen molar-refractivity contribution < 1.29 is 0 Å². The van der Waals surface area contributed by atoms with Gasteiger partial charge in [-0.2, -0.15) is 0 Å². The molecule has 242 valence electrons. The van der Waals surface area contributed by atoms with Gasteiger partial charge in [-0.1, -0.05) is 188 Å². The maximum absolute atomic E-state index is 2.44. The van der Waals surface area contributed by atoms with Crippen LogP contribution in [0.2, 0.25) is 0 Å². The highest BCUT2D eigenvalue weighted by Crippen LogP contribution is 2.46. The summed E-state index contributed by atoms with van der Waals surface area (Å²) in [5.74, 6) is 0. The second-order valence-corrected chi connectivity index (χ2v) is 13.6. The van der Waals surface area contributed by atoms with Gasteiger partial charge in [0, 0.05) is 0 Å². The van der Waals surface area contributed by atoms with Crippen molar-refractivity contribution in [1.82, 2.24) is 0 Å². The van der Waals surface area contributed by atoms with E-state index >= 15 is 0 Å². The average molecular weight is 659 g/mol. The van der Waals surface area contributed by atoms with Crippen molar-refractivity contribution in [1.29, 1.82) is 0 Å². The molecule has 0 spiro atoms. The summed E-state index contributed by atoms with van der Waals surface area (Å²) in [6, 6.07) is 75.6. The lowest BCUT2D eigenvalue weighted by atomic mass is 9.83. The van der Waals surface area contributed by atoms with E-state index in [1.54, 1.807) is 0 Å². The zero-order valence-electron chi connectivity index (χ0n) is 28.6. The predicted molar refractivity (Wildman–Crippen MR) is 224 cm³/mol. The summed E-state index contributed by atoms with van der Waals surface area (Å²) < 4.78 is 0. The molecular weight excluding hydrogens is 625 g/mol. The Labute approximate surface area is 303 Å². The molecule has 0 bridgehead atoms. The molecule has 0 fully saturated rings. The molecule has 10 aromatic carbocycles. The molecule has 0 radical (unpaired) electrons. The van der Waals surface area contributed by atoms with E-state index in [1.165, 1.54) is 98.7 Å². The molecule has 10 rings (SSSR count). The third-order valence-corrected chi connectivity index (χ3v) is 10.6. The summed E-state index contributed by atoms with van der Waals surface area (Å²) in [5.41, 5.74) is 12.3. The maximum atomic E-state index is 2.44. The summed E-state index contributed by atoms with van der Waals surface area (Å²) in [5, 5.41) is 10.1. The molecule has 0 nitrogen and oxygen atoms in total. The van der Waals surface area contributed by atoms with Gasteiger partial charge in [-0.05, 0) is 117 Å². The Hall–Kier alpha value is -6.76. The summed E-state index contributed by atoms with van der Waals surface area (Å²) in [6.45, 7) is 0. The van der Waals surface area contributed by atoms with Crippen LogP contribution in [0.3, 0.4) is 0 Å². The van der Waals surface area contributed by atoms with Crippen LogP contribution in [0.15, 0.2) is 206 Å². The molecule has 0 heterocycles. The summed E-state index contributed by atoms with van der Waals surface area (Å²) >= 11 is 0. The smallest absolute Gasteiger partial charge is 0.00261 e. The summed E-state index contributed by atoms with van der Waals surface area (Å²) in [6.07, 6.45) is 0. The van der Waals surface area contributed by atoms with Gasteiger partial charge in [-0.15, -0.1) is 0 Å². The first-order chi connectivity index (χ1) is 25.8. The van der Waals surface area contributed by atoms with Gasteiger partial charge in [-0.3, -0.25) is 0 Å². The fourth-order valence-electron chi connectivity index (χ4n) is 8.23. The van der Waals surface area contributed by atoms with Gasteiger partial charge in [-0.25, -0.2) is 0 Å². The quantitative estimate of drug-likeness (QED) is 0.161. The first kappa shape index (κ1) is 30.1. The first-order valence-electron chi connectivity index (χ1n) is 18.0. The Morgan fingerprint density at radius 3 is 1.42 bits per heavy atom. The number of hydrogen-bond acceptors (Lipinski definition) is 0. The molecule has 10 aromatic rings. The highest BCUT2D eigenvalue weighted by Gasteiger charge is 2.19. The van der Waals surface area contributed by atoms with Crippen molar-refractivity contribution in [2.45, 2.75) is 0 Å². The summed E-state index contributed by atoms with van der Waals surface area (Å²) in [4.78, 5) is 0. The highest BCUT2D eigenvalue weighted by molar-refractivity contribution is 6.21. The molecular formula is C52H34. The lowest BCUT2D eigenvalue weighted by Gasteiger charge is -2.20. The molecule has 0 atom stereocenters. The standard InChI is InChI=1S/C52H34/c1-2-16-37(17-3-1)51-46-23-8-10-25-48(46)52(49-26-11-9-24-47(49)51)42-30-31-44(50(34-42)45-27-13-19-36-15-6-7-22-43(36)45)41-21-12-20-39(33-41)40-29-28-35-14-4-5-18-38(35)32-40/h1-34H. The normalized spacial score (nSPS) is 11.5. The molecule has 0 aromatic heterocycles. The zero-order chi connectivity index (χ0) is 34.4. The fourth-order valence-corrected chi connectivity index (χ4v) is 8.23. The van der Waals surface area contributed by atoms with Crippen molar-refractivity contribution in [3.63, 3.8) is 0 Å². The molecule has 0 aliphatic carbocycles. The topological polar surface area (TPSA) is 0 Å². The van der Waals surface area contributed by atoms with Crippen LogP contribution in [0.5, 0.6) is 0 Å². The Balaban J connectivity index is 1.23. The Bertz CT molecular complexity index is 2890. The van der Waals surface area contributed by atoms with E-state index in [1.807, 2.05) is 0 Å². The van der Waals surface area contributed by atoms with Crippen molar-refractivity contribution in [3.05, 3.63) is 206 Å². The Kier molecular flexibility index (Phi) is 7.25. The van der Waals surface area contributed by atoms with Gasteiger partial charge >= 0.3 is 0 Å². The van der Waals surface area contributed by atoms with Gasteiger partial charge in [0.25, 0.3) is 0 Å². The van der Waals surface area contributed by atoms with Crippen LogP contribution in [0, 0.1) is 0 Å². The van der Waals surface area contributed by atoms with E-state index in [0.29, 0.717) is 0 Å². The van der Waals surface area contributed by atoms with Crippen LogP contribution >= 0.6 is 0 Å². The molecule has 0 amide bonds. The predicted octanol–water partition coefficient (Wildman–Crippen LogP) is 14.6. The van der Waals surface area contributed by atoms with E-state index in [2.05, 4.69) is 206 Å². The van der Waals surface area contributed by atoms with Crippen molar-refractivity contribution in [2.75, 3.05) is 0 Å². The highest BCUT2D eigenvalue weighted by atomic mass is 14.2. The zero-order valence-corrected chi connectivity index (χ0v) is 28.6. The second-order valence-electron chi connectivity index (χ2n) is 13.6. The largest absolute Gasteiger partial charge is 0.0622 e. The lowest BCUT2D eigenvalue weighted by molar-refractivity contribution is 1.58. The van der Waals surface area contributed by atoms with Gasteiger partial charge in [0.2, 0.25) is 0 Å². The van der Waals surface area contributed by atoms with Crippen LogP contribution < -0.4 is 0 Å². The minimum absolute atomic E-state index is 1.20. The third kappa shape index (κ3) is 5.08. The van der Waals surface area contributed by atoms with E-state index in [-0.39, 0.29) is 0 Å². The van der Waals surface area contributed by atoms with Crippen molar-refractivity contribution in [3.8, 4) is 55.6 Å². The third-order valence-electron chi connectivity index (χ3n) is 10.6. The van der Waals surface area contributed by atoms with Crippen molar-refractivity contribution in [2.24, 2.45) is 0 Å². The number of hydrogen-bond donors (Lipinski definition) is 0. The van der Waals surface area contributed by atoms with Crippen LogP contribution in [0.1, 0.15) is 0 Å². The van der Waals surface area contributed by atoms with Crippen LogP contribution in [-0.4, -0.2) is 0 Å². The summed E-state index contributed by atoms with van der Waals surface area (Å²) in [7, 11) is 0. The van der Waals surface area contributed by atoms with Crippen LogP contribution in [0.25, 0.3) is 98.7 Å². The van der Waals surface area contributed by atoms with E-state index in [4.69, 9.17) is 0 Å². The number of benzene rings is 10. The van der Waals surface area contributed by atoms with Gasteiger partial charge < -0.3 is 0 Å². The molecule has 0 aliphatic heterocycles. The minimum Gasteiger partial charge on any atom is -0.0622 e. The fraction of sp³-hybridized carbons (Fsp3) is 0. The SMILES string of the molecule is c1ccc(-c2c3ccccc3c(-c3ccc(-c4cccc(-c5ccc6ccccc6c5)c4)c(-c4cccc5ccccc45)c3)c3ccccc23)cc1. The Morgan fingerprint density at radius 1 is 0.192 bits per heavy atom. The molecule has 0 N–H and O–H groups in total. The van der Waals surface area contributed by atoms with E-state index in [9.17, 15) is 0 Å². The molecule has 52 heavy (non-hydrogen) atoms. The van der Waals surface area contributed by atoms with Gasteiger partial charge in [0.15, 0.2) is 0 Å². The average Bonchev–Trinajstić information content (AvgIpc) is 3.22. The van der Waals surface area contributed by atoms with Gasteiger partial charge in [0.1, 0.15) is 0 Å². The maximum Gasteiger partial charge on any atom is -0.00261 e. The van der Waals surface area contributed by atoms with Gasteiger partial charge in [0.05, 0.1) is 0 Å². The molecule has 0 unspecified atom stereocenters. The Morgan fingerprint density at radius 2 is 0.692 bits per heavy atom. The molecule has 0 saturated carbocycles. The lowest BCUT2D eigenvalue weighted by Crippen LogP contribution is -1.93. The molecule has 0 saturated heterocycles. The van der Waals surface area contributed by atoms with Crippen LogP contribution in [-0.2, 0) is 0 Å². The molecule has 0 heteroatoms. The molecule has 0 aliphatic rings.